The summed E-state index contributed by atoms with van der Waals surface area (Å²) in [5.74, 6) is 0.0914. The second kappa shape index (κ2) is 10.8. The average molecular weight is 381 g/mol. The van der Waals surface area contributed by atoms with E-state index in [0.29, 0.717) is 19.1 Å². The number of benzene rings is 1. The topological polar surface area (TPSA) is 47.6 Å². The molecule has 2 N–H and O–H groups in total. The van der Waals surface area contributed by atoms with E-state index in [-0.39, 0.29) is 11.9 Å². The van der Waals surface area contributed by atoms with Crippen LogP contribution in [0, 0.1) is 0 Å². The first-order valence-electron chi connectivity index (χ1n) is 10.2. The highest BCUT2D eigenvalue weighted by Gasteiger charge is 2.22. The van der Waals surface area contributed by atoms with Gasteiger partial charge in [0, 0.05) is 32.2 Å². The lowest BCUT2D eigenvalue weighted by Crippen LogP contribution is -2.49. The van der Waals surface area contributed by atoms with E-state index in [9.17, 15) is 4.79 Å². The van der Waals surface area contributed by atoms with E-state index >= 15 is 0 Å². The molecule has 150 valence electrons. The van der Waals surface area contributed by atoms with E-state index in [1.165, 1.54) is 5.56 Å². The van der Waals surface area contributed by atoms with Crippen LogP contribution in [0.4, 0.5) is 0 Å². The fourth-order valence-electron chi connectivity index (χ4n) is 3.64. The van der Waals surface area contributed by atoms with Crippen molar-refractivity contribution >= 4 is 5.91 Å². The number of carbonyl (C=O) groups excluding carboxylic acids is 1. The summed E-state index contributed by atoms with van der Waals surface area (Å²) in [5, 5.41) is 6.45. The van der Waals surface area contributed by atoms with Crippen LogP contribution in [0.3, 0.4) is 0 Å². The molecule has 2 atom stereocenters. The summed E-state index contributed by atoms with van der Waals surface area (Å²) >= 11 is 0. The number of dihydropyridines is 1. The Morgan fingerprint density at radius 3 is 2.82 bits per heavy atom. The van der Waals surface area contributed by atoms with Crippen molar-refractivity contribution in [3.8, 4) is 0 Å². The third-order valence-electron chi connectivity index (χ3n) is 5.28. The molecule has 0 spiro atoms. The molecule has 1 amide bonds. The van der Waals surface area contributed by atoms with Gasteiger partial charge >= 0.3 is 0 Å². The van der Waals surface area contributed by atoms with Crippen LogP contribution in [0.1, 0.15) is 12.0 Å². The van der Waals surface area contributed by atoms with Gasteiger partial charge in [-0.15, -0.1) is 0 Å². The minimum Gasteiger partial charge on any atom is -0.383 e. The van der Waals surface area contributed by atoms with Gasteiger partial charge in [-0.05, 0) is 37.7 Å². The van der Waals surface area contributed by atoms with E-state index < -0.39 is 0 Å². The van der Waals surface area contributed by atoms with Gasteiger partial charge in [0.2, 0.25) is 5.91 Å². The molecule has 0 saturated heterocycles. The first kappa shape index (κ1) is 20.4. The first-order chi connectivity index (χ1) is 13.7. The van der Waals surface area contributed by atoms with E-state index in [1.54, 1.807) is 0 Å². The molecule has 0 saturated carbocycles. The summed E-state index contributed by atoms with van der Waals surface area (Å²) in [6.45, 7) is 3.83. The molecule has 2 aliphatic rings. The molecule has 5 nitrogen and oxygen atoms in total. The highest BCUT2D eigenvalue weighted by Crippen LogP contribution is 2.10. The third-order valence-corrected chi connectivity index (χ3v) is 5.28. The highest BCUT2D eigenvalue weighted by molar-refractivity contribution is 5.78. The van der Waals surface area contributed by atoms with Crippen LogP contribution < -0.4 is 10.6 Å². The van der Waals surface area contributed by atoms with Gasteiger partial charge in [0.15, 0.2) is 0 Å². The lowest BCUT2D eigenvalue weighted by atomic mass is 10.1. The zero-order chi connectivity index (χ0) is 19.6. The molecule has 1 aromatic rings. The third kappa shape index (κ3) is 6.66. The maximum atomic E-state index is 12.6. The lowest BCUT2D eigenvalue weighted by molar-refractivity contribution is -0.122. The van der Waals surface area contributed by atoms with Crippen molar-refractivity contribution in [3.63, 3.8) is 0 Å². The molecule has 0 aliphatic carbocycles. The van der Waals surface area contributed by atoms with Crippen LogP contribution in [0.2, 0.25) is 0 Å². The quantitative estimate of drug-likeness (QED) is 0.643. The Hall–Kier alpha value is -2.37. The number of nitrogens with zero attached hydrogens (tertiary/aromatic N) is 2. The van der Waals surface area contributed by atoms with Crippen LogP contribution in [-0.2, 0) is 11.2 Å². The predicted molar refractivity (Wildman–Crippen MR) is 115 cm³/mol. The van der Waals surface area contributed by atoms with Crippen molar-refractivity contribution in [2.45, 2.75) is 24.9 Å². The van der Waals surface area contributed by atoms with Crippen molar-refractivity contribution in [1.29, 1.82) is 0 Å². The number of carbonyl (C=O) groups is 1. The van der Waals surface area contributed by atoms with Gasteiger partial charge in [-0.2, -0.15) is 0 Å². The van der Waals surface area contributed by atoms with Crippen LogP contribution in [-0.4, -0.2) is 67.6 Å². The first-order valence-corrected chi connectivity index (χ1v) is 10.2. The number of hydrogen-bond donors (Lipinski definition) is 2. The lowest BCUT2D eigenvalue weighted by Gasteiger charge is -2.34. The number of allylic oxidation sites excluding steroid dienone is 2. The molecule has 0 aromatic heterocycles. The summed E-state index contributed by atoms with van der Waals surface area (Å²) < 4.78 is 0. The van der Waals surface area contributed by atoms with Gasteiger partial charge in [0.1, 0.15) is 0 Å². The zero-order valence-corrected chi connectivity index (χ0v) is 16.8. The molecule has 3 rings (SSSR count). The minimum atomic E-state index is 0.0914. The Kier molecular flexibility index (Phi) is 7.88. The minimum absolute atomic E-state index is 0.0914. The molecule has 2 unspecified atom stereocenters. The fraction of sp³-hybridized carbons (Fsp3) is 0.435. The van der Waals surface area contributed by atoms with E-state index in [0.717, 1.165) is 32.5 Å². The molecule has 2 aliphatic heterocycles. The number of nitrogens with one attached hydrogen (secondary N) is 2. The molecular weight excluding hydrogens is 348 g/mol. The summed E-state index contributed by atoms with van der Waals surface area (Å²) in [7, 11) is 2.16. The van der Waals surface area contributed by atoms with Crippen LogP contribution in [0.25, 0.3) is 0 Å². The van der Waals surface area contributed by atoms with Crippen molar-refractivity contribution in [2.75, 3.05) is 39.8 Å². The molecular formula is C23H32N4O. The Labute approximate surface area is 168 Å². The van der Waals surface area contributed by atoms with E-state index in [4.69, 9.17) is 0 Å². The van der Waals surface area contributed by atoms with Gasteiger partial charge in [0.25, 0.3) is 0 Å². The Morgan fingerprint density at radius 1 is 1.21 bits per heavy atom. The standard InChI is InChI=1S/C23H32N4O/c1-26-16-8-6-12-22(26)18-27(17-21-11-5-7-14-24-21)19-23(28)25-15-13-20-9-3-2-4-10-20/h2-7,9-12,14,21-22,24H,8,13,15-19H2,1H3,(H,25,28). The van der Waals surface area contributed by atoms with E-state index in [2.05, 4.69) is 63.9 Å². The van der Waals surface area contributed by atoms with Crippen molar-refractivity contribution in [1.82, 2.24) is 20.4 Å². The van der Waals surface area contributed by atoms with Crippen LogP contribution >= 0.6 is 0 Å². The Balaban J connectivity index is 1.52. The SMILES string of the molecule is CN1CCC=CC1CN(CC(=O)NCCc1ccccc1)CC1C=CC=CN1. The van der Waals surface area contributed by atoms with Gasteiger partial charge in [-0.1, -0.05) is 54.6 Å². The van der Waals surface area contributed by atoms with Gasteiger partial charge in [-0.3, -0.25) is 14.6 Å². The molecule has 1 aromatic carbocycles. The molecule has 0 radical (unpaired) electrons. The monoisotopic (exact) mass is 380 g/mol. The van der Waals surface area contributed by atoms with Gasteiger partial charge in [-0.25, -0.2) is 0 Å². The molecule has 0 bridgehead atoms. The zero-order valence-electron chi connectivity index (χ0n) is 16.8. The molecule has 2 heterocycles. The highest BCUT2D eigenvalue weighted by atomic mass is 16.2. The number of rotatable bonds is 9. The molecule has 5 heteroatoms. The van der Waals surface area contributed by atoms with Crippen molar-refractivity contribution in [3.05, 3.63) is 72.5 Å². The maximum Gasteiger partial charge on any atom is 0.234 e. The van der Waals surface area contributed by atoms with Crippen LogP contribution in [0.15, 0.2) is 66.9 Å². The average Bonchev–Trinajstić information content (AvgIpc) is 2.71. The molecule has 0 fully saturated rings. The van der Waals surface area contributed by atoms with Crippen molar-refractivity contribution < 1.29 is 4.79 Å². The fourth-order valence-corrected chi connectivity index (χ4v) is 3.64. The van der Waals surface area contributed by atoms with Gasteiger partial charge in [0.05, 0.1) is 12.6 Å². The largest absolute Gasteiger partial charge is 0.383 e. The number of hydrogen-bond acceptors (Lipinski definition) is 4. The summed E-state index contributed by atoms with van der Waals surface area (Å²) in [6, 6.07) is 10.9. The maximum absolute atomic E-state index is 12.6. The predicted octanol–water partition coefficient (Wildman–Crippen LogP) is 1.95. The van der Waals surface area contributed by atoms with E-state index in [1.807, 2.05) is 30.5 Å². The summed E-state index contributed by atoms with van der Waals surface area (Å²) in [6.07, 6.45) is 14.7. The smallest absolute Gasteiger partial charge is 0.234 e. The summed E-state index contributed by atoms with van der Waals surface area (Å²) in [5.41, 5.74) is 1.25. The van der Waals surface area contributed by atoms with Crippen molar-refractivity contribution in [2.24, 2.45) is 0 Å². The number of likely N-dealkylation sites (N-methyl/N-ethyl adjacent to an activating group) is 1. The normalized spacial score (nSPS) is 21.6. The van der Waals surface area contributed by atoms with Gasteiger partial charge < -0.3 is 10.6 Å². The Bertz CT molecular complexity index is 698. The molecule has 28 heavy (non-hydrogen) atoms. The Morgan fingerprint density at radius 2 is 2.07 bits per heavy atom. The van der Waals surface area contributed by atoms with Crippen LogP contribution in [0.5, 0.6) is 0 Å². The number of amides is 1. The summed E-state index contributed by atoms with van der Waals surface area (Å²) in [4.78, 5) is 17.2. The second-order valence-electron chi connectivity index (χ2n) is 7.56. The second-order valence-corrected chi connectivity index (χ2v) is 7.56.